The van der Waals surface area contributed by atoms with E-state index < -0.39 is 23.9 Å². The number of likely N-dealkylation sites (tertiary alicyclic amines) is 1. The number of nitrogens with zero attached hydrogens (tertiary/aromatic N) is 5. The molecule has 268 valence electrons. The average Bonchev–Trinajstić information content (AvgIpc) is 3.07. The predicted octanol–water partition coefficient (Wildman–Crippen LogP) is 4.90. The summed E-state index contributed by atoms with van der Waals surface area (Å²) in [5.74, 6) is -1.99. The smallest absolute Gasteiger partial charge is 0.507 e. The van der Waals surface area contributed by atoms with E-state index in [1.165, 1.54) is 12.1 Å². The molecule has 1 aromatic carbocycles. The molecule has 5 N–H and O–H groups in total. The Morgan fingerprint density at radius 3 is 2.23 bits per heavy atom. The number of carbonyl (C=O) groups excluding carboxylic acids is 1. The number of benzene rings is 1. The van der Waals surface area contributed by atoms with E-state index in [1.54, 1.807) is 4.90 Å². The first-order chi connectivity index (χ1) is 22.5. The van der Waals surface area contributed by atoms with Crippen molar-refractivity contribution in [2.45, 2.75) is 86.3 Å². The summed E-state index contributed by atoms with van der Waals surface area (Å²) in [6.07, 6.45) is -3.13. The van der Waals surface area contributed by atoms with Gasteiger partial charge in [-0.15, -0.1) is 13.2 Å². The number of rotatable bonds is 9. The number of phenols is 1. The van der Waals surface area contributed by atoms with E-state index in [2.05, 4.69) is 34.8 Å². The number of aliphatic hydroxyl groups is 1. The number of nitrogens with two attached hydrogens (primary N) is 1. The van der Waals surface area contributed by atoms with Crippen molar-refractivity contribution in [2.75, 3.05) is 56.5 Å². The molecule has 0 spiro atoms. The quantitative estimate of drug-likeness (QED) is 0.269. The fourth-order valence-corrected chi connectivity index (χ4v) is 5.33. The lowest BCUT2D eigenvalue weighted by Crippen LogP contribution is -2.57. The third-order valence-corrected chi connectivity index (χ3v) is 7.25. The highest BCUT2D eigenvalue weighted by molar-refractivity contribution is 5.96. The molecule has 3 heterocycles. The number of ether oxygens (including phenoxy) is 1. The van der Waals surface area contributed by atoms with Crippen LogP contribution in [0.3, 0.4) is 0 Å². The molecule has 12 nitrogen and oxygen atoms in total. The molecule has 2 saturated heterocycles. The van der Waals surface area contributed by atoms with Crippen LogP contribution in [0.25, 0.3) is 0 Å². The van der Waals surface area contributed by atoms with E-state index in [0.717, 1.165) is 32.0 Å². The van der Waals surface area contributed by atoms with Crippen molar-refractivity contribution in [3.63, 3.8) is 0 Å². The van der Waals surface area contributed by atoms with Gasteiger partial charge in [0.15, 0.2) is 17.3 Å². The maximum atomic E-state index is 13.4. The number of carbonyl (C=O) groups is 1. The minimum absolute atomic E-state index is 0.0255. The number of amides is 1. The van der Waals surface area contributed by atoms with Crippen molar-refractivity contribution in [1.82, 2.24) is 25.1 Å². The monoisotopic (exact) mass is 677 g/mol. The number of halogens is 4. The number of hydrogen-bond donors (Lipinski definition) is 4. The first kappa shape index (κ1) is 41.4. The van der Waals surface area contributed by atoms with Crippen LogP contribution in [0.4, 0.5) is 29.3 Å². The highest BCUT2D eigenvalue weighted by Gasteiger charge is 2.35. The second-order valence-electron chi connectivity index (χ2n) is 10.0. The lowest BCUT2D eigenvalue weighted by molar-refractivity contribution is -0.274. The summed E-state index contributed by atoms with van der Waals surface area (Å²) in [6, 6.07) is 3.93. The molecule has 0 aliphatic carbocycles. The van der Waals surface area contributed by atoms with Gasteiger partial charge in [-0.3, -0.25) is 19.5 Å². The Morgan fingerprint density at radius 2 is 1.70 bits per heavy atom. The van der Waals surface area contributed by atoms with Gasteiger partial charge in [0.05, 0.1) is 6.61 Å². The van der Waals surface area contributed by atoms with Crippen LogP contribution in [0.1, 0.15) is 77.4 Å². The number of aromatic nitrogens is 2. The number of nitrogens with one attached hydrogen (secondary N) is 1. The van der Waals surface area contributed by atoms with E-state index in [9.17, 15) is 27.6 Å². The SMILES string of the molecule is CC.CC.CC.CC1CN(c2nc(N)c(C(=O)NCCO)nc2OF)CCN1C1CCN(Cc2ccc(OC(F)(F)F)cc2O)CC1. The molecule has 1 atom stereocenters. The third kappa shape index (κ3) is 12.2. The van der Waals surface area contributed by atoms with Gasteiger partial charge in [0.2, 0.25) is 0 Å². The summed E-state index contributed by atoms with van der Waals surface area (Å²) in [4.78, 5) is 30.5. The Balaban J connectivity index is 0.00000174. The van der Waals surface area contributed by atoms with Crippen LogP contribution in [-0.4, -0.2) is 100 Å². The summed E-state index contributed by atoms with van der Waals surface area (Å²) >= 11 is 0. The second-order valence-corrected chi connectivity index (χ2v) is 10.0. The summed E-state index contributed by atoms with van der Waals surface area (Å²) in [7, 11) is 0. The Morgan fingerprint density at radius 1 is 1.06 bits per heavy atom. The van der Waals surface area contributed by atoms with Crippen molar-refractivity contribution in [2.24, 2.45) is 0 Å². The number of aliphatic hydroxyl groups excluding tert-OH is 1. The number of anilines is 2. The van der Waals surface area contributed by atoms with Gasteiger partial charge >= 0.3 is 12.2 Å². The molecule has 0 bridgehead atoms. The molecule has 1 amide bonds. The minimum Gasteiger partial charge on any atom is -0.507 e. The van der Waals surface area contributed by atoms with Gasteiger partial charge in [0.1, 0.15) is 11.5 Å². The Labute approximate surface area is 274 Å². The summed E-state index contributed by atoms with van der Waals surface area (Å²) in [5, 5.41) is 21.5. The normalized spacial score (nSPS) is 17.2. The molecule has 1 aromatic heterocycles. The van der Waals surface area contributed by atoms with Gasteiger partial charge in [-0.2, -0.15) is 4.98 Å². The molecular weight excluding hydrogens is 626 g/mol. The van der Waals surface area contributed by atoms with Crippen LogP contribution >= 0.6 is 0 Å². The fourth-order valence-electron chi connectivity index (χ4n) is 5.33. The zero-order valence-corrected chi connectivity index (χ0v) is 28.4. The van der Waals surface area contributed by atoms with Crippen LogP contribution in [0.5, 0.6) is 17.4 Å². The number of piperidine rings is 1. The second kappa shape index (κ2) is 20.6. The van der Waals surface area contributed by atoms with Gasteiger partial charge < -0.3 is 30.9 Å². The van der Waals surface area contributed by atoms with Crippen LogP contribution < -0.4 is 25.6 Å². The van der Waals surface area contributed by atoms with Crippen molar-refractivity contribution in [3.8, 4) is 17.4 Å². The summed E-state index contributed by atoms with van der Waals surface area (Å²) < 4.78 is 54.5. The van der Waals surface area contributed by atoms with Crippen molar-refractivity contribution >= 4 is 17.5 Å². The topological polar surface area (TPSA) is 150 Å². The number of aromatic hydroxyl groups is 1. The fraction of sp³-hybridized carbons (Fsp3) is 0.645. The average molecular weight is 678 g/mol. The van der Waals surface area contributed by atoms with E-state index in [-0.39, 0.29) is 48.3 Å². The molecule has 4 rings (SSSR count). The van der Waals surface area contributed by atoms with Gasteiger partial charge in [-0.1, -0.05) is 47.6 Å². The number of piperazine rings is 1. The zero-order valence-electron chi connectivity index (χ0n) is 28.4. The molecule has 1 unspecified atom stereocenters. The Kier molecular flexibility index (Phi) is 18.1. The third-order valence-electron chi connectivity index (χ3n) is 7.25. The van der Waals surface area contributed by atoms with Gasteiger partial charge in [-0.05, 0) is 38.9 Å². The van der Waals surface area contributed by atoms with Crippen LogP contribution in [0.2, 0.25) is 0 Å². The van der Waals surface area contributed by atoms with E-state index in [4.69, 9.17) is 10.8 Å². The molecule has 0 saturated carbocycles. The number of hydrogen-bond acceptors (Lipinski definition) is 11. The maximum absolute atomic E-state index is 13.4. The Hall–Kier alpha value is -3.63. The van der Waals surface area contributed by atoms with E-state index in [1.807, 2.05) is 48.5 Å². The first-order valence-electron chi connectivity index (χ1n) is 16.1. The lowest BCUT2D eigenvalue weighted by atomic mass is 9.99. The largest absolute Gasteiger partial charge is 0.573 e. The lowest BCUT2D eigenvalue weighted by Gasteiger charge is -2.46. The van der Waals surface area contributed by atoms with E-state index >= 15 is 0 Å². The van der Waals surface area contributed by atoms with Crippen LogP contribution in [0.15, 0.2) is 18.2 Å². The standard InChI is InChI=1S/C25H33F4N7O5.3C2H6/c1-15-13-35(22-24(41-29)32-20(21(30)33-22)23(39)31-6-11-37)9-10-36(15)17-4-7-34(8-5-17)14-16-2-3-18(12-19(16)38)40-25(26,27)28;3*1-2/h2-3,12,15,17,37-38H,4-11,13-14H2,1H3,(H2,30,33)(H,31,39);3*1-2H3. The first-order valence-corrected chi connectivity index (χ1v) is 16.1. The predicted molar refractivity (Wildman–Crippen MR) is 173 cm³/mol. The highest BCUT2D eigenvalue weighted by atomic mass is 19.4. The molecular formula is C31H51F4N7O5. The van der Waals surface area contributed by atoms with Crippen molar-refractivity contribution < 1.29 is 42.4 Å². The molecule has 0 radical (unpaired) electrons. The van der Waals surface area contributed by atoms with Gasteiger partial charge in [-0.25, -0.2) is 4.98 Å². The molecule has 16 heteroatoms. The van der Waals surface area contributed by atoms with Crippen molar-refractivity contribution in [1.29, 1.82) is 0 Å². The van der Waals surface area contributed by atoms with Crippen molar-refractivity contribution in [3.05, 3.63) is 29.5 Å². The maximum Gasteiger partial charge on any atom is 0.573 e. The van der Waals surface area contributed by atoms with Crippen LogP contribution in [0, 0.1) is 0 Å². The minimum atomic E-state index is -4.83. The van der Waals surface area contributed by atoms with Gasteiger partial charge in [0, 0.05) is 61.0 Å². The summed E-state index contributed by atoms with van der Waals surface area (Å²) in [5.41, 5.74) is 6.15. The number of alkyl halides is 3. The van der Waals surface area contributed by atoms with Gasteiger partial charge in [0.25, 0.3) is 5.91 Å². The zero-order chi connectivity index (χ0) is 35.7. The molecule has 2 fully saturated rings. The number of phenolic OH excluding ortho intramolecular Hbond substituents is 1. The number of nitrogen functional groups attached to an aromatic ring is 1. The molecule has 2 aliphatic rings. The molecule has 2 aromatic rings. The van der Waals surface area contributed by atoms with Crippen LogP contribution in [-0.2, 0) is 6.54 Å². The Bertz CT molecular complexity index is 1220. The molecule has 47 heavy (non-hydrogen) atoms. The molecule has 2 aliphatic heterocycles. The highest BCUT2D eigenvalue weighted by Crippen LogP contribution is 2.32. The summed E-state index contributed by atoms with van der Waals surface area (Å²) in [6.45, 7) is 17.2. The van der Waals surface area contributed by atoms with E-state index in [0.29, 0.717) is 31.7 Å².